The molecular formula is C24H37N3O3. The summed E-state index contributed by atoms with van der Waals surface area (Å²) in [6, 6.07) is 0. The van der Waals surface area contributed by atoms with E-state index < -0.39 is 0 Å². The van der Waals surface area contributed by atoms with E-state index in [1.807, 2.05) is 6.92 Å². The molecule has 4 saturated carbocycles. The second kappa shape index (κ2) is 7.61. The Balaban J connectivity index is 1.21. The molecule has 0 saturated heterocycles. The summed E-state index contributed by atoms with van der Waals surface area (Å²) in [5.41, 5.74) is 1.84. The third-order valence-corrected chi connectivity index (χ3v) is 9.62. The van der Waals surface area contributed by atoms with Crippen molar-refractivity contribution in [1.82, 2.24) is 10.1 Å². The van der Waals surface area contributed by atoms with E-state index in [9.17, 15) is 5.11 Å². The number of aliphatic hydroxyl groups excluding tert-OH is 1. The van der Waals surface area contributed by atoms with Gasteiger partial charge in [0.05, 0.1) is 18.2 Å². The van der Waals surface area contributed by atoms with Gasteiger partial charge in [0.15, 0.2) is 5.82 Å². The lowest BCUT2D eigenvalue weighted by Gasteiger charge is -2.60. The predicted octanol–water partition coefficient (Wildman–Crippen LogP) is 4.70. The summed E-state index contributed by atoms with van der Waals surface area (Å²) in [4.78, 5) is 9.83. The number of hydrogen-bond donors (Lipinski definition) is 1. The molecule has 5 rings (SSSR count). The molecule has 7 atom stereocenters. The molecule has 4 aliphatic carbocycles. The van der Waals surface area contributed by atoms with Crippen LogP contribution in [0.15, 0.2) is 9.68 Å². The van der Waals surface area contributed by atoms with E-state index in [1.165, 1.54) is 44.2 Å². The Labute approximate surface area is 179 Å². The first-order chi connectivity index (χ1) is 14.4. The average molecular weight is 416 g/mol. The molecule has 0 radical (unpaired) electrons. The summed E-state index contributed by atoms with van der Waals surface area (Å²) >= 11 is 0. The van der Waals surface area contributed by atoms with Gasteiger partial charge in [-0.05, 0) is 99.2 Å². The zero-order chi connectivity index (χ0) is 20.9. The topological polar surface area (TPSA) is 80.7 Å². The van der Waals surface area contributed by atoms with Gasteiger partial charge in [-0.1, -0.05) is 24.2 Å². The second-order valence-corrected chi connectivity index (χ2v) is 11.0. The van der Waals surface area contributed by atoms with Crippen molar-refractivity contribution in [2.24, 2.45) is 39.7 Å². The van der Waals surface area contributed by atoms with Gasteiger partial charge in [0.25, 0.3) is 0 Å². The van der Waals surface area contributed by atoms with E-state index in [4.69, 9.17) is 9.36 Å². The zero-order valence-electron chi connectivity index (χ0n) is 18.8. The van der Waals surface area contributed by atoms with E-state index in [-0.39, 0.29) is 11.5 Å². The fourth-order valence-electron chi connectivity index (χ4n) is 7.83. The Morgan fingerprint density at radius 2 is 1.93 bits per heavy atom. The summed E-state index contributed by atoms with van der Waals surface area (Å²) in [7, 11) is 0. The molecule has 0 spiro atoms. The largest absolute Gasteiger partial charge is 0.395 e. The number of fused-ring (bicyclic) bond motifs is 5. The van der Waals surface area contributed by atoms with Gasteiger partial charge in [0, 0.05) is 0 Å². The monoisotopic (exact) mass is 415 g/mol. The summed E-state index contributed by atoms with van der Waals surface area (Å²) in [6.07, 6.45) is 11.3. The summed E-state index contributed by atoms with van der Waals surface area (Å²) in [6.45, 7) is 7.25. The first-order valence-electron chi connectivity index (χ1n) is 12.0. The number of rotatable bonds is 4. The average Bonchev–Trinajstić information content (AvgIpc) is 3.28. The molecule has 4 aliphatic rings. The molecule has 6 heteroatoms. The lowest BCUT2D eigenvalue weighted by Crippen LogP contribution is -2.54. The maximum Gasteiger partial charge on any atom is 0.230 e. The van der Waals surface area contributed by atoms with Crippen molar-refractivity contribution in [2.75, 3.05) is 6.61 Å². The van der Waals surface area contributed by atoms with Crippen molar-refractivity contribution in [2.45, 2.75) is 91.1 Å². The molecule has 0 aliphatic heterocycles. The minimum Gasteiger partial charge on any atom is -0.395 e. The molecule has 0 amide bonds. The molecule has 0 bridgehead atoms. The molecular weight excluding hydrogens is 378 g/mol. The molecule has 1 aromatic rings. The van der Waals surface area contributed by atoms with Crippen LogP contribution in [0.5, 0.6) is 0 Å². The third-order valence-electron chi connectivity index (χ3n) is 9.62. The Bertz CT molecular complexity index is 807. The number of nitrogens with zero attached hydrogens (tertiary/aromatic N) is 3. The van der Waals surface area contributed by atoms with E-state index in [2.05, 4.69) is 29.1 Å². The van der Waals surface area contributed by atoms with Crippen LogP contribution in [0, 0.1) is 41.4 Å². The quantitative estimate of drug-likeness (QED) is 0.570. The van der Waals surface area contributed by atoms with Crippen molar-refractivity contribution in [3.8, 4) is 0 Å². The summed E-state index contributed by atoms with van der Waals surface area (Å²) < 4.78 is 5.13. The highest BCUT2D eigenvalue weighted by atomic mass is 16.6. The van der Waals surface area contributed by atoms with Crippen LogP contribution in [0.4, 0.5) is 0 Å². The van der Waals surface area contributed by atoms with Crippen LogP contribution in [-0.2, 0) is 11.3 Å². The minimum absolute atomic E-state index is 0.0766. The summed E-state index contributed by atoms with van der Waals surface area (Å²) in [5.74, 6) is 4.37. The highest BCUT2D eigenvalue weighted by Gasteiger charge is 2.59. The molecule has 1 aromatic heterocycles. The number of oxime groups is 1. The van der Waals surface area contributed by atoms with Crippen molar-refractivity contribution in [1.29, 1.82) is 0 Å². The van der Waals surface area contributed by atoms with E-state index >= 15 is 0 Å². The van der Waals surface area contributed by atoms with Crippen LogP contribution in [0.2, 0.25) is 0 Å². The number of aromatic nitrogens is 2. The van der Waals surface area contributed by atoms with E-state index in [1.54, 1.807) is 0 Å². The Kier molecular flexibility index (Phi) is 5.19. The molecule has 166 valence electrons. The Morgan fingerprint density at radius 1 is 1.10 bits per heavy atom. The van der Waals surface area contributed by atoms with Gasteiger partial charge in [0.1, 0.15) is 6.61 Å². The lowest BCUT2D eigenvalue weighted by atomic mass is 9.45. The Morgan fingerprint density at radius 3 is 2.73 bits per heavy atom. The van der Waals surface area contributed by atoms with Crippen molar-refractivity contribution >= 4 is 5.71 Å². The molecule has 1 heterocycles. The van der Waals surface area contributed by atoms with Crippen LogP contribution >= 0.6 is 0 Å². The predicted molar refractivity (Wildman–Crippen MR) is 114 cm³/mol. The smallest absolute Gasteiger partial charge is 0.230 e. The molecule has 30 heavy (non-hydrogen) atoms. The van der Waals surface area contributed by atoms with Gasteiger partial charge in [-0.15, -0.1) is 0 Å². The maximum absolute atomic E-state index is 10.6. The van der Waals surface area contributed by atoms with Gasteiger partial charge in [-0.2, -0.15) is 4.98 Å². The molecule has 4 fully saturated rings. The Hall–Kier alpha value is -1.43. The van der Waals surface area contributed by atoms with Gasteiger partial charge >= 0.3 is 0 Å². The number of aliphatic hydroxyl groups is 1. The van der Waals surface area contributed by atoms with Crippen molar-refractivity contribution < 1.29 is 14.5 Å². The first kappa shape index (κ1) is 20.5. The van der Waals surface area contributed by atoms with Crippen LogP contribution < -0.4 is 0 Å². The van der Waals surface area contributed by atoms with Crippen molar-refractivity contribution in [3.05, 3.63) is 11.7 Å². The van der Waals surface area contributed by atoms with Gasteiger partial charge in [-0.3, -0.25) is 0 Å². The SMILES string of the molecule is Cc1noc(CCO/N=C2/CC[C@@]3(C)C(CCC4C3CC[C@@]3(C)C4CC[C@@H]3O)C2)n1. The van der Waals surface area contributed by atoms with E-state index in [0.717, 1.165) is 42.9 Å². The minimum atomic E-state index is -0.0766. The standard InChI is InChI=1S/C24H37N3O3/c1-15-25-22(30-26-15)10-13-29-27-17-8-11-23(2)16(14-17)4-5-18-19-6-7-21(28)24(19,3)12-9-20(18)23/h16,18-21,28H,4-14H2,1-3H3/b27-17-/t16?,18?,19?,20?,21-,23-,24-/m0/s1. The van der Waals surface area contributed by atoms with Crippen LogP contribution in [0.25, 0.3) is 0 Å². The highest BCUT2D eigenvalue weighted by molar-refractivity contribution is 5.85. The summed E-state index contributed by atoms with van der Waals surface area (Å²) in [5, 5.41) is 18.9. The fourth-order valence-corrected chi connectivity index (χ4v) is 7.83. The van der Waals surface area contributed by atoms with Gasteiger partial charge in [-0.25, -0.2) is 0 Å². The molecule has 0 aromatic carbocycles. The second-order valence-electron chi connectivity index (χ2n) is 11.0. The normalized spacial score (nSPS) is 44.4. The van der Waals surface area contributed by atoms with Crippen LogP contribution in [0.1, 0.15) is 83.3 Å². The molecule has 4 unspecified atom stereocenters. The first-order valence-corrected chi connectivity index (χ1v) is 12.0. The third kappa shape index (κ3) is 3.30. The fraction of sp³-hybridized carbons (Fsp3) is 0.875. The van der Waals surface area contributed by atoms with Gasteiger partial charge < -0.3 is 14.5 Å². The lowest BCUT2D eigenvalue weighted by molar-refractivity contribution is -0.112. The van der Waals surface area contributed by atoms with Crippen molar-refractivity contribution in [3.63, 3.8) is 0 Å². The van der Waals surface area contributed by atoms with Crippen LogP contribution in [-0.4, -0.2) is 33.7 Å². The zero-order valence-corrected chi connectivity index (χ0v) is 18.8. The molecule has 6 nitrogen and oxygen atoms in total. The highest BCUT2D eigenvalue weighted by Crippen LogP contribution is 2.65. The van der Waals surface area contributed by atoms with Crippen LogP contribution in [0.3, 0.4) is 0 Å². The number of hydrogen-bond acceptors (Lipinski definition) is 6. The molecule has 1 N–H and O–H groups in total. The van der Waals surface area contributed by atoms with Gasteiger partial charge in [0.2, 0.25) is 5.89 Å². The number of aryl methyl sites for hydroxylation is 1. The van der Waals surface area contributed by atoms with E-state index in [0.29, 0.717) is 30.2 Å². The maximum atomic E-state index is 10.6.